The van der Waals surface area contributed by atoms with Crippen molar-refractivity contribution in [1.82, 2.24) is 15.0 Å². The fourth-order valence-electron chi connectivity index (χ4n) is 2.51. The number of nitrogens with zero attached hydrogens (tertiary/aromatic N) is 3. The van der Waals surface area contributed by atoms with Gasteiger partial charge in [0.15, 0.2) is 0 Å². The number of rotatable bonds is 6. The Bertz CT molecular complexity index is 813. The van der Waals surface area contributed by atoms with Crippen molar-refractivity contribution in [2.75, 3.05) is 10.6 Å². The Morgan fingerprint density at radius 2 is 1.72 bits per heavy atom. The predicted molar refractivity (Wildman–Crippen MR) is 102 cm³/mol. The molecule has 3 rings (SSSR count). The third kappa shape index (κ3) is 4.76. The lowest BCUT2D eigenvalue weighted by atomic mass is 10.0. The highest BCUT2D eigenvalue weighted by Crippen LogP contribution is 2.21. The number of anilines is 3. The number of nitrogens with one attached hydrogen (secondary N) is 2. The topological polar surface area (TPSA) is 62.7 Å². The van der Waals surface area contributed by atoms with Crippen molar-refractivity contribution in [2.24, 2.45) is 0 Å². The van der Waals surface area contributed by atoms with Crippen molar-refractivity contribution >= 4 is 17.3 Å². The van der Waals surface area contributed by atoms with Crippen molar-refractivity contribution in [3.63, 3.8) is 0 Å². The molecule has 0 atom stereocenters. The molecule has 0 amide bonds. The first-order chi connectivity index (χ1) is 12.1. The molecule has 5 nitrogen and oxygen atoms in total. The van der Waals surface area contributed by atoms with E-state index >= 15 is 0 Å². The Kier molecular flexibility index (Phi) is 5.23. The average molecular weight is 333 g/mol. The van der Waals surface area contributed by atoms with E-state index in [4.69, 9.17) is 0 Å². The van der Waals surface area contributed by atoms with Crippen molar-refractivity contribution in [1.29, 1.82) is 0 Å². The minimum Gasteiger partial charge on any atom is -0.364 e. The van der Waals surface area contributed by atoms with Crippen LogP contribution >= 0.6 is 0 Å². The molecule has 0 saturated carbocycles. The molecule has 2 heterocycles. The summed E-state index contributed by atoms with van der Waals surface area (Å²) >= 11 is 0. The van der Waals surface area contributed by atoms with E-state index in [1.165, 1.54) is 5.56 Å². The van der Waals surface area contributed by atoms with Crippen molar-refractivity contribution in [3.05, 3.63) is 71.8 Å². The smallest absolute Gasteiger partial charge is 0.136 e. The van der Waals surface area contributed by atoms with Crippen molar-refractivity contribution in [2.45, 2.75) is 33.2 Å². The number of benzene rings is 1. The molecule has 0 aliphatic heterocycles. The highest BCUT2D eigenvalue weighted by Gasteiger charge is 2.04. The van der Waals surface area contributed by atoms with Crippen LogP contribution in [0.25, 0.3) is 0 Å². The van der Waals surface area contributed by atoms with E-state index in [1.54, 1.807) is 6.20 Å². The summed E-state index contributed by atoms with van der Waals surface area (Å²) in [6.45, 7) is 6.89. The summed E-state index contributed by atoms with van der Waals surface area (Å²) in [5, 5.41) is 6.64. The molecule has 2 aromatic heterocycles. The summed E-state index contributed by atoms with van der Waals surface area (Å²) in [5.41, 5.74) is 3.30. The molecule has 0 saturated heterocycles. The Morgan fingerprint density at radius 3 is 2.40 bits per heavy atom. The van der Waals surface area contributed by atoms with Gasteiger partial charge in [-0.1, -0.05) is 32.0 Å². The lowest BCUT2D eigenvalue weighted by Gasteiger charge is -2.11. The van der Waals surface area contributed by atoms with Gasteiger partial charge in [0, 0.05) is 18.0 Å². The standard InChI is InChI=1S/C20H23N5/c1-14(2)16-7-9-17(10-8-16)25-20-12-19(23-15(3)24-20)22-13-18-6-4-5-11-21-18/h4-12,14H,13H2,1-3H3,(H2,22,23,24,25). The summed E-state index contributed by atoms with van der Waals surface area (Å²) in [7, 11) is 0. The third-order valence-electron chi connectivity index (χ3n) is 3.86. The molecule has 0 aliphatic rings. The zero-order valence-corrected chi connectivity index (χ0v) is 14.8. The lowest BCUT2D eigenvalue weighted by molar-refractivity contribution is 0.867. The van der Waals surface area contributed by atoms with E-state index in [2.05, 4.69) is 63.7 Å². The SMILES string of the molecule is Cc1nc(NCc2ccccn2)cc(Nc2ccc(C(C)C)cc2)n1. The Morgan fingerprint density at radius 1 is 0.960 bits per heavy atom. The maximum Gasteiger partial charge on any atom is 0.136 e. The summed E-state index contributed by atoms with van der Waals surface area (Å²) in [6, 6.07) is 16.2. The van der Waals surface area contributed by atoms with Crippen molar-refractivity contribution in [3.8, 4) is 0 Å². The normalized spacial score (nSPS) is 10.7. The van der Waals surface area contributed by atoms with E-state index in [-0.39, 0.29) is 0 Å². The number of aryl methyl sites for hydroxylation is 1. The van der Waals surface area contributed by atoms with Crippen LogP contribution in [0.2, 0.25) is 0 Å². The first kappa shape index (κ1) is 16.9. The molecule has 5 heteroatoms. The van der Waals surface area contributed by atoms with E-state index in [0.717, 1.165) is 23.0 Å². The molecule has 1 aromatic carbocycles. The molecule has 0 unspecified atom stereocenters. The monoisotopic (exact) mass is 333 g/mol. The highest BCUT2D eigenvalue weighted by atomic mass is 15.1. The van der Waals surface area contributed by atoms with Gasteiger partial charge >= 0.3 is 0 Å². The van der Waals surface area contributed by atoms with Gasteiger partial charge < -0.3 is 10.6 Å². The zero-order chi connectivity index (χ0) is 17.6. The Hall–Kier alpha value is -2.95. The molecule has 128 valence electrons. The van der Waals surface area contributed by atoms with Gasteiger partial charge in [-0.3, -0.25) is 4.98 Å². The van der Waals surface area contributed by atoms with Crippen LogP contribution in [0.5, 0.6) is 0 Å². The maximum atomic E-state index is 4.46. The lowest BCUT2D eigenvalue weighted by Crippen LogP contribution is -2.06. The molecule has 0 fully saturated rings. The minimum atomic E-state index is 0.526. The highest BCUT2D eigenvalue weighted by molar-refractivity contribution is 5.59. The van der Waals surface area contributed by atoms with Gasteiger partial charge in [0.25, 0.3) is 0 Å². The van der Waals surface area contributed by atoms with Gasteiger partial charge in [0.05, 0.1) is 12.2 Å². The van der Waals surface area contributed by atoms with Crippen LogP contribution in [0.3, 0.4) is 0 Å². The van der Waals surface area contributed by atoms with Crippen LogP contribution in [0.15, 0.2) is 54.7 Å². The number of hydrogen-bond donors (Lipinski definition) is 2. The summed E-state index contributed by atoms with van der Waals surface area (Å²) in [5.74, 6) is 2.79. The number of pyridine rings is 1. The Labute approximate surface area is 148 Å². The molecule has 2 N–H and O–H groups in total. The van der Waals surface area contributed by atoms with Crippen LogP contribution in [0.4, 0.5) is 17.3 Å². The van der Waals surface area contributed by atoms with Gasteiger partial charge in [-0.25, -0.2) is 9.97 Å². The van der Waals surface area contributed by atoms with E-state index in [0.29, 0.717) is 18.3 Å². The second-order valence-corrected chi connectivity index (χ2v) is 6.26. The van der Waals surface area contributed by atoms with Gasteiger partial charge in [0.1, 0.15) is 17.5 Å². The van der Waals surface area contributed by atoms with Crippen LogP contribution in [0, 0.1) is 6.92 Å². The maximum absolute atomic E-state index is 4.46. The number of aromatic nitrogens is 3. The van der Waals surface area contributed by atoms with E-state index in [9.17, 15) is 0 Å². The quantitative estimate of drug-likeness (QED) is 0.687. The third-order valence-corrected chi connectivity index (χ3v) is 3.86. The summed E-state index contributed by atoms with van der Waals surface area (Å²) in [4.78, 5) is 13.2. The summed E-state index contributed by atoms with van der Waals surface area (Å²) in [6.07, 6.45) is 1.79. The van der Waals surface area contributed by atoms with Gasteiger partial charge in [-0.05, 0) is 42.7 Å². The minimum absolute atomic E-state index is 0.526. The predicted octanol–water partition coefficient (Wildman–Crippen LogP) is 4.66. The van der Waals surface area contributed by atoms with Gasteiger partial charge in [-0.2, -0.15) is 0 Å². The van der Waals surface area contributed by atoms with E-state index < -0.39 is 0 Å². The molecular formula is C20H23N5. The molecular weight excluding hydrogens is 310 g/mol. The van der Waals surface area contributed by atoms with Gasteiger partial charge in [-0.15, -0.1) is 0 Å². The van der Waals surface area contributed by atoms with Crippen molar-refractivity contribution < 1.29 is 0 Å². The number of hydrogen-bond acceptors (Lipinski definition) is 5. The largest absolute Gasteiger partial charge is 0.364 e. The second kappa shape index (κ2) is 7.75. The fraction of sp³-hybridized carbons (Fsp3) is 0.250. The molecule has 25 heavy (non-hydrogen) atoms. The molecule has 0 bridgehead atoms. The first-order valence-corrected chi connectivity index (χ1v) is 8.46. The molecule has 3 aromatic rings. The van der Waals surface area contributed by atoms with E-state index in [1.807, 2.05) is 31.2 Å². The molecule has 0 radical (unpaired) electrons. The Balaban J connectivity index is 1.70. The van der Waals surface area contributed by atoms with Crippen LogP contribution in [0.1, 0.15) is 36.8 Å². The van der Waals surface area contributed by atoms with Crippen LogP contribution < -0.4 is 10.6 Å². The first-order valence-electron chi connectivity index (χ1n) is 8.46. The fourth-order valence-corrected chi connectivity index (χ4v) is 2.51. The van der Waals surface area contributed by atoms with Gasteiger partial charge in [0.2, 0.25) is 0 Å². The zero-order valence-electron chi connectivity index (χ0n) is 14.8. The second-order valence-electron chi connectivity index (χ2n) is 6.26. The molecule has 0 spiro atoms. The van der Waals surface area contributed by atoms with Crippen LogP contribution in [-0.2, 0) is 6.54 Å². The average Bonchev–Trinajstić information content (AvgIpc) is 2.61. The molecule has 0 aliphatic carbocycles. The summed E-state index contributed by atoms with van der Waals surface area (Å²) < 4.78 is 0. The van der Waals surface area contributed by atoms with Crippen LogP contribution in [-0.4, -0.2) is 15.0 Å².